The molecule has 2 saturated heterocycles. The van der Waals surface area contributed by atoms with Crippen LogP contribution in [0.15, 0.2) is 0 Å². The molecule has 6 nitrogen and oxygen atoms in total. The van der Waals surface area contributed by atoms with Gasteiger partial charge in [0, 0.05) is 39.1 Å². The van der Waals surface area contributed by atoms with Gasteiger partial charge >= 0.3 is 0 Å². The maximum Gasteiger partial charge on any atom is 0.213 e. The van der Waals surface area contributed by atoms with Crippen LogP contribution in [-0.4, -0.2) is 81.9 Å². The second-order valence-electron chi connectivity index (χ2n) is 6.04. The molecule has 2 rings (SSSR count). The minimum atomic E-state index is -3.08. The molecule has 128 valence electrons. The number of aliphatic hydroxyl groups excluding tert-OH is 1. The Bertz CT molecular complexity index is 422. The highest BCUT2D eigenvalue weighted by Crippen LogP contribution is 2.38. The van der Waals surface area contributed by atoms with Crippen molar-refractivity contribution in [3.63, 3.8) is 0 Å². The number of likely N-dealkylation sites (tertiary alicyclic amines) is 1. The van der Waals surface area contributed by atoms with Gasteiger partial charge in [0.05, 0.1) is 12.4 Å². The molecule has 0 radical (unpaired) electrons. The molecule has 9 heteroatoms. The summed E-state index contributed by atoms with van der Waals surface area (Å²) < 4.78 is 24.6. The lowest BCUT2D eigenvalue weighted by atomic mass is 9.82. The Kier molecular flexibility index (Phi) is 8.43. The number of sulfonamides is 1. The van der Waals surface area contributed by atoms with E-state index in [-0.39, 0.29) is 42.6 Å². The van der Waals surface area contributed by atoms with Crippen LogP contribution in [-0.2, 0) is 10.0 Å². The average Bonchev–Trinajstić information content (AvgIpc) is 2.85. The summed E-state index contributed by atoms with van der Waals surface area (Å²) in [6.45, 7) is 4.70. The molecule has 2 N–H and O–H groups in total. The number of halogens is 2. The molecule has 2 aliphatic heterocycles. The van der Waals surface area contributed by atoms with E-state index in [4.69, 9.17) is 0 Å². The zero-order valence-corrected chi connectivity index (χ0v) is 15.1. The van der Waals surface area contributed by atoms with E-state index in [0.29, 0.717) is 12.3 Å². The molecule has 2 atom stereocenters. The van der Waals surface area contributed by atoms with Crippen molar-refractivity contribution in [1.82, 2.24) is 14.5 Å². The Morgan fingerprint density at radius 1 is 1.38 bits per heavy atom. The first-order valence-electron chi connectivity index (χ1n) is 6.84. The third-order valence-corrected chi connectivity index (χ3v) is 6.42. The van der Waals surface area contributed by atoms with E-state index in [9.17, 15) is 13.5 Å². The van der Waals surface area contributed by atoms with Crippen molar-refractivity contribution in [2.24, 2.45) is 11.3 Å². The van der Waals surface area contributed by atoms with Crippen molar-refractivity contribution >= 4 is 34.8 Å². The summed E-state index contributed by atoms with van der Waals surface area (Å²) in [5.41, 5.74) is 0.000420. The Morgan fingerprint density at radius 2 is 2.05 bits per heavy atom. The minimum Gasteiger partial charge on any atom is -0.396 e. The van der Waals surface area contributed by atoms with Crippen molar-refractivity contribution < 1.29 is 13.5 Å². The molecule has 0 aromatic rings. The lowest BCUT2D eigenvalue weighted by Crippen LogP contribution is -2.36. The zero-order valence-electron chi connectivity index (χ0n) is 12.6. The van der Waals surface area contributed by atoms with Gasteiger partial charge in [-0.1, -0.05) is 0 Å². The Hall–Kier alpha value is 0.370. The summed E-state index contributed by atoms with van der Waals surface area (Å²) in [5.74, 6) is 0.703. The SMILES string of the molecule is CN(C)S(=O)(=O)CCCN1CC2CNCC2(CO)C1.Cl.Cl. The first kappa shape index (κ1) is 21.4. The quantitative estimate of drug-likeness (QED) is 0.673. The van der Waals surface area contributed by atoms with Crippen LogP contribution >= 0.6 is 24.8 Å². The lowest BCUT2D eigenvalue weighted by Gasteiger charge is -2.25. The molecule has 2 unspecified atom stereocenters. The molecule has 0 aliphatic carbocycles. The smallest absolute Gasteiger partial charge is 0.213 e. The van der Waals surface area contributed by atoms with Crippen LogP contribution in [0.5, 0.6) is 0 Å². The standard InChI is InChI=1S/C12H25N3O3S.2ClH/c1-14(2)19(17,18)5-3-4-15-7-11-6-13-8-12(11,9-15)10-16;;/h11,13,16H,3-10H2,1-2H3;2*1H. The van der Waals surface area contributed by atoms with Gasteiger partial charge in [-0.3, -0.25) is 0 Å². The summed E-state index contributed by atoms with van der Waals surface area (Å²) in [7, 11) is 0.0585. The predicted molar refractivity (Wildman–Crippen MR) is 88.9 cm³/mol. The van der Waals surface area contributed by atoms with E-state index in [1.54, 1.807) is 14.1 Å². The number of hydrogen-bond acceptors (Lipinski definition) is 5. The first-order valence-corrected chi connectivity index (χ1v) is 8.45. The van der Waals surface area contributed by atoms with Gasteiger partial charge < -0.3 is 15.3 Å². The fourth-order valence-electron chi connectivity index (χ4n) is 3.18. The molecule has 0 aromatic carbocycles. The highest BCUT2D eigenvalue weighted by atomic mass is 35.5. The number of rotatable bonds is 6. The Balaban J connectivity index is 0.00000200. The fourth-order valence-corrected chi connectivity index (χ4v) is 4.04. The van der Waals surface area contributed by atoms with Gasteiger partial charge in [0.2, 0.25) is 10.0 Å². The normalized spacial score (nSPS) is 29.0. The fraction of sp³-hybridized carbons (Fsp3) is 1.00. The number of nitrogens with one attached hydrogen (secondary N) is 1. The zero-order chi connectivity index (χ0) is 14.1. The first-order chi connectivity index (χ1) is 8.89. The van der Waals surface area contributed by atoms with Gasteiger partial charge in [0.25, 0.3) is 0 Å². The second-order valence-corrected chi connectivity index (χ2v) is 8.34. The van der Waals surface area contributed by atoms with Gasteiger partial charge in [0.1, 0.15) is 0 Å². The molecule has 0 saturated carbocycles. The Morgan fingerprint density at radius 3 is 2.57 bits per heavy atom. The van der Waals surface area contributed by atoms with Crippen LogP contribution in [0, 0.1) is 11.3 Å². The topological polar surface area (TPSA) is 72.9 Å². The maximum absolute atomic E-state index is 11.7. The number of hydrogen-bond donors (Lipinski definition) is 2. The van der Waals surface area contributed by atoms with Crippen LogP contribution in [0.3, 0.4) is 0 Å². The molecule has 0 spiro atoms. The number of aliphatic hydroxyl groups is 1. The molecule has 21 heavy (non-hydrogen) atoms. The molecule has 0 aromatic heterocycles. The summed E-state index contributed by atoms with van der Waals surface area (Å²) in [6.07, 6.45) is 0.655. The van der Waals surface area contributed by atoms with E-state index < -0.39 is 10.0 Å². The summed E-state index contributed by atoms with van der Waals surface area (Å²) in [4.78, 5) is 2.30. The van der Waals surface area contributed by atoms with Gasteiger partial charge in [-0.15, -0.1) is 24.8 Å². The van der Waals surface area contributed by atoms with E-state index in [1.165, 1.54) is 4.31 Å². The summed E-state index contributed by atoms with van der Waals surface area (Å²) in [5, 5.41) is 12.9. The minimum absolute atomic E-state index is 0. The van der Waals surface area contributed by atoms with E-state index in [2.05, 4.69) is 10.2 Å². The molecule has 2 fully saturated rings. The maximum atomic E-state index is 11.7. The van der Waals surface area contributed by atoms with Crippen LogP contribution in [0.2, 0.25) is 0 Å². The van der Waals surface area contributed by atoms with Crippen LogP contribution in [0.4, 0.5) is 0 Å². The van der Waals surface area contributed by atoms with Crippen LogP contribution in [0.25, 0.3) is 0 Å². The molecule has 2 aliphatic rings. The number of fused-ring (bicyclic) bond motifs is 1. The van der Waals surface area contributed by atoms with Gasteiger partial charge in [-0.05, 0) is 25.4 Å². The van der Waals surface area contributed by atoms with Crippen molar-refractivity contribution in [1.29, 1.82) is 0 Å². The number of nitrogens with zero attached hydrogens (tertiary/aromatic N) is 2. The van der Waals surface area contributed by atoms with Crippen molar-refractivity contribution in [3.05, 3.63) is 0 Å². The third kappa shape index (κ3) is 4.67. The van der Waals surface area contributed by atoms with Crippen molar-refractivity contribution in [2.75, 3.05) is 59.2 Å². The van der Waals surface area contributed by atoms with E-state index in [1.807, 2.05) is 0 Å². The second kappa shape index (κ2) is 8.29. The molecule has 2 heterocycles. The highest BCUT2D eigenvalue weighted by Gasteiger charge is 2.48. The van der Waals surface area contributed by atoms with Gasteiger partial charge in [-0.2, -0.15) is 0 Å². The van der Waals surface area contributed by atoms with Crippen LogP contribution in [0.1, 0.15) is 6.42 Å². The van der Waals surface area contributed by atoms with Crippen LogP contribution < -0.4 is 5.32 Å². The monoisotopic (exact) mass is 363 g/mol. The van der Waals surface area contributed by atoms with Gasteiger partial charge in [0.15, 0.2) is 0 Å². The van der Waals surface area contributed by atoms with E-state index >= 15 is 0 Å². The average molecular weight is 364 g/mol. The molecular formula is C12H27Cl2N3O3S. The third-order valence-electron chi connectivity index (χ3n) is 4.50. The van der Waals surface area contributed by atoms with E-state index in [0.717, 1.165) is 32.7 Å². The molecular weight excluding hydrogens is 337 g/mol. The van der Waals surface area contributed by atoms with Gasteiger partial charge in [-0.25, -0.2) is 12.7 Å². The largest absolute Gasteiger partial charge is 0.396 e. The highest BCUT2D eigenvalue weighted by molar-refractivity contribution is 7.89. The van der Waals surface area contributed by atoms with Crippen molar-refractivity contribution in [2.45, 2.75) is 6.42 Å². The Labute approximate surface area is 140 Å². The summed E-state index contributed by atoms with van der Waals surface area (Å²) in [6, 6.07) is 0. The summed E-state index contributed by atoms with van der Waals surface area (Å²) >= 11 is 0. The van der Waals surface area contributed by atoms with Crippen molar-refractivity contribution in [3.8, 4) is 0 Å². The molecule has 0 amide bonds. The lowest BCUT2D eigenvalue weighted by molar-refractivity contribution is 0.125. The molecule has 0 bridgehead atoms. The predicted octanol–water partition coefficient (Wildman–Crippen LogP) is -0.375.